The molecule has 1 aromatic carbocycles. The maximum Gasteiger partial charge on any atom is 0.271 e. The number of nitrogens with zero attached hydrogens (tertiary/aromatic N) is 1. The molecule has 0 aromatic heterocycles. The molecule has 1 amide bonds. The van der Waals surface area contributed by atoms with Crippen molar-refractivity contribution in [2.24, 2.45) is 0 Å². The molecule has 2 rings (SSSR count). The van der Waals surface area contributed by atoms with Crippen molar-refractivity contribution >= 4 is 28.8 Å². The number of carbonyl (C=O) groups excluding carboxylic acids is 3. The molecule has 0 bridgehead atoms. The second-order valence-electron chi connectivity index (χ2n) is 4.65. The third kappa shape index (κ3) is 2.85. The van der Waals surface area contributed by atoms with Gasteiger partial charge in [-0.2, -0.15) is 0 Å². The van der Waals surface area contributed by atoms with Gasteiger partial charge in [0.15, 0.2) is 6.10 Å². The Hall–Kier alpha value is -3.03. The maximum atomic E-state index is 12.1. The van der Waals surface area contributed by atoms with Crippen LogP contribution < -0.4 is 5.32 Å². The van der Waals surface area contributed by atoms with Crippen LogP contribution in [0, 0.1) is 10.1 Å². The first-order chi connectivity index (χ1) is 10.3. The average molecular weight is 304 g/mol. The van der Waals surface area contributed by atoms with Gasteiger partial charge in [0, 0.05) is 17.8 Å². The Kier molecular flexibility index (Phi) is 4.02. The summed E-state index contributed by atoms with van der Waals surface area (Å²) in [5, 5.41) is 13.0. The number of anilines is 1. The highest BCUT2D eigenvalue weighted by atomic mass is 16.6. The topological polar surface area (TPSA) is 116 Å². The molecular weight excluding hydrogens is 292 g/mol. The van der Waals surface area contributed by atoms with Crippen LogP contribution in [0.3, 0.4) is 0 Å². The fraction of sp³-hybridized carbons (Fsp3) is 0.214. The van der Waals surface area contributed by atoms with Gasteiger partial charge in [0.2, 0.25) is 11.6 Å². The standard InChI is InChI=1S/C14H12N2O6/c1-7-11(13(18)12(17)8(2)22-7)14(19)15-9-4-3-5-10(6-9)16(20)21/h3-6,8H,1-2H3,(H,15,19). The van der Waals surface area contributed by atoms with Crippen molar-refractivity contribution in [2.75, 3.05) is 5.32 Å². The Bertz CT molecular complexity index is 722. The minimum Gasteiger partial charge on any atom is -0.486 e. The molecule has 0 radical (unpaired) electrons. The predicted molar refractivity (Wildman–Crippen MR) is 75.0 cm³/mol. The van der Waals surface area contributed by atoms with E-state index in [9.17, 15) is 24.5 Å². The van der Waals surface area contributed by atoms with Crippen LogP contribution in [0.25, 0.3) is 0 Å². The Morgan fingerprint density at radius 1 is 1.36 bits per heavy atom. The number of carbonyl (C=O) groups is 3. The van der Waals surface area contributed by atoms with Gasteiger partial charge < -0.3 is 10.1 Å². The average Bonchev–Trinajstić information content (AvgIpc) is 2.45. The molecule has 0 saturated heterocycles. The number of amides is 1. The summed E-state index contributed by atoms with van der Waals surface area (Å²) in [6.45, 7) is 2.82. The van der Waals surface area contributed by atoms with E-state index in [0.717, 1.165) is 6.07 Å². The molecule has 0 spiro atoms. The number of hydrogen-bond donors (Lipinski definition) is 1. The number of nitrogens with one attached hydrogen (secondary N) is 1. The first-order valence-electron chi connectivity index (χ1n) is 6.33. The summed E-state index contributed by atoms with van der Waals surface area (Å²) in [5.41, 5.74) is -0.465. The van der Waals surface area contributed by atoms with Crippen molar-refractivity contribution in [3.05, 3.63) is 45.7 Å². The Morgan fingerprint density at radius 3 is 2.68 bits per heavy atom. The number of nitro groups is 1. The third-order valence-corrected chi connectivity index (χ3v) is 3.07. The largest absolute Gasteiger partial charge is 0.486 e. The fourth-order valence-corrected chi connectivity index (χ4v) is 2.00. The second kappa shape index (κ2) is 5.76. The van der Waals surface area contributed by atoms with Gasteiger partial charge in [0.05, 0.1) is 4.92 Å². The van der Waals surface area contributed by atoms with Crippen molar-refractivity contribution in [3.8, 4) is 0 Å². The van der Waals surface area contributed by atoms with E-state index in [4.69, 9.17) is 4.74 Å². The van der Waals surface area contributed by atoms with E-state index in [1.54, 1.807) is 0 Å². The molecular formula is C14H12N2O6. The fourth-order valence-electron chi connectivity index (χ4n) is 2.00. The van der Waals surface area contributed by atoms with Crippen LogP contribution in [0.4, 0.5) is 11.4 Å². The van der Waals surface area contributed by atoms with Crippen molar-refractivity contribution < 1.29 is 24.0 Å². The van der Waals surface area contributed by atoms with Gasteiger partial charge in [0.25, 0.3) is 11.6 Å². The SMILES string of the molecule is CC1=C(C(=O)Nc2cccc([N+](=O)[O-])c2)C(=O)C(=O)C(C)O1. The molecule has 1 aromatic rings. The normalized spacial score (nSPS) is 18.0. The zero-order chi connectivity index (χ0) is 16.4. The summed E-state index contributed by atoms with van der Waals surface area (Å²) >= 11 is 0. The smallest absolute Gasteiger partial charge is 0.271 e. The molecule has 1 aliphatic rings. The zero-order valence-corrected chi connectivity index (χ0v) is 11.8. The molecule has 8 nitrogen and oxygen atoms in total. The third-order valence-electron chi connectivity index (χ3n) is 3.07. The molecule has 1 atom stereocenters. The van der Waals surface area contributed by atoms with Gasteiger partial charge in [-0.05, 0) is 19.9 Å². The van der Waals surface area contributed by atoms with Gasteiger partial charge in [-0.1, -0.05) is 6.07 Å². The lowest BCUT2D eigenvalue weighted by atomic mass is 9.99. The highest BCUT2D eigenvalue weighted by Crippen LogP contribution is 2.22. The summed E-state index contributed by atoms with van der Waals surface area (Å²) in [5.74, 6) is -2.54. The number of ether oxygens (including phenoxy) is 1. The van der Waals surface area contributed by atoms with Crippen molar-refractivity contribution in [3.63, 3.8) is 0 Å². The predicted octanol–water partition coefficient (Wildman–Crippen LogP) is 1.36. The molecule has 114 valence electrons. The first kappa shape index (κ1) is 15.4. The Labute approximate surface area is 124 Å². The number of nitro benzene ring substituents is 1. The molecule has 22 heavy (non-hydrogen) atoms. The molecule has 1 unspecified atom stereocenters. The molecule has 1 N–H and O–H groups in total. The molecule has 0 fully saturated rings. The van der Waals surface area contributed by atoms with Crippen LogP contribution in [0.5, 0.6) is 0 Å². The number of rotatable bonds is 3. The summed E-state index contributed by atoms with van der Waals surface area (Å²) in [6, 6.07) is 5.23. The van der Waals surface area contributed by atoms with Crippen molar-refractivity contribution in [1.82, 2.24) is 0 Å². The summed E-state index contributed by atoms with van der Waals surface area (Å²) < 4.78 is 5.14. The van der Waals surface area contributed by atoms with Crippen LogP contribution >= 0.6 is 0 Å². The minimum atomic E-state index is -0.931. The van der Waals surface area contributed by atoms with E-state index in [-0.39, 0.29) is 17.1 Å². The first-order valence-corrected chi connectivity index (χ1v) is 6.33. The van der Waals surface area contributed by atoms with Crippen LogP contribution in [0.15, 0.2) is 35.6 Å². The molecule has 0 aliphatic carbocycles. The zero-order valence-electron chi connectivity index (χ0n) is 11.8. The van der Waals surface area contributed by atoms with E-state index in [1.165, 1.54) is 32.0 Å². The van der Waals surface area contributed by atoms with Gasteiger partial charge in [-0.15, -0.1) is 0 Å². The van der Waals surface area contributed by atoms with Gasteiger partial charge >= 0.3 is 0 Å². The number of ketones is 2. The van der Waals surface area contributed by atoms with Gasteiger partial charge in [-0.25, -0.2) is 0 Å². The molecule has 1 heterocycles. The molecule has 8 heteroatoms. The second-order valence-corrected chi connectivity index (χ2v) is 4.65. The number of Topliss-reactive ketones (excluding diaryl/α,β-unsaturated/α-hetero) is 2. The van der Waals surface area contributed by atoms with Gasteiger partial charge in [0.1, 0.15) is 11.3 Å². The summed E-state index contributed by atoms with van der Waals surface area (Å²) in [6.07, 6.45) is -0.929. The van der Waals surface area contributed by atoms with E-state index in [0.29, 0.717) is 0 Å². The van der Waals surface area contributed by atoms with E-state index in [2.05, 4.69) is 5.32 Å². The van der Waals surface area contributed by atoms with E-state index < -0.39 is 34.1 Å². The number of allylic oxidation sites excluding steroid dienone is 1. The van der Waals surface area contributed by atoms with Crippen LogP contribution in [0.1, 0.15) is 13.8 Å². The van der Waals surface area contributed by atoms with Crippen LogP contribution in [0.2, 0.25) is 0 Å². The van der Waals surface area contributed by atoms with E-state index in [1.807, 2.05) is 0 Å². The van der Waals surface area contributed by atoms with Crippen LogP contribution in [-0.4, -0.2) is 28.5 Å². The molecule has 0 saturated carbocycles. The Morgan fingerprint density at radius 2 is 2.05 bits per heavy atom. The number of hydrogen-bond acceptors (Lipinski definition) is 6. The highest BCUT2D eigenvalue weighted by molar-refractivity contribution is 6.52. The number of non-ortho nitro benzene ring substituents is 1. The Balaban J connectivity index is 2.27. The van der Waals surface area contributed by atoms with Gasteiger partial charge in [-0.3, -0.25) is 24.5 Å². The lowest BCUT2D eigenvalue weighted by Gasteiger charge is -2.21. The lowest BCUT2D eigenvalue weighted by Crippen LogP contribution is -2.38. The molecule has 1 aliphatic heterocycles. The highest BCUT2D eigenvalue weighted by Gasteiger charge is 2.36. The van der Waals surface area contributed by atoms with Crippen molar-refractivity contribution in [1.29, 1.82) is 0 Å². The summed E-state index contributed by atoms with van der Waals surface area (Å²) in [7, 11) is 0. The monoisotopic (exact) mass is 304 g/mol. The minimum absolute atomic E-state index is 0.0417. The van der Waals surface area contributed by atoms with E-state index >= 15 is 0 Å². The maximum absolute atomic E-state index is 12.1. The number of benzene rings is 1. The van der Waals surface area contributed by atoms with Crippen molar-refractivity contribution in [2.45, 2.75) is 20.0 Å². The lowest BCUT2D eigenvalue weighted by molar-refractivity contribution is -0.384. The quantitative estimate of drug-likeness (QED) is 0.390. The summed E-state index contributed by atoms with van der Waals surface area (Å²) in [4.78, 5) is 45.7. The van der Waals surface area contributed by atoms with Crippen LogP contribution in [-0.2, 0) is 19.1 Å².